The monoisotopic (exact) mass is 233 g/mol. The Bertz CT molecular complexity index is 451. The minimum absolute atomic E-state index is 1.25. The van der Waals surface area contributed by atoms with Crippen LogP contribution in [-0.2, 0) is 0 Å². The van der Waals surface area contributed by atoms with Crippen molar-refractivity contribution in [1.82, 2.24) is 4.72 Å². The maximum atomic E-state index is 3.08. The first kappa shape index (κ1) is 13.1. The smallest absolute Gasteiger partial charge is 0.0234 e. The summed E-state index contributed by atoms with van der Waals surface area (Å²) in [6, 6.07) is 13.0. The fourth-order valence-electron chi connectivity index (χ4n) is 1.52. The normalized spacial score (nSPS) is 9.75. The quantitative estimate of drug-likeness (QED) is 0.772. The average molecular weight is 233 g/mol. The third kappa shape index (κ3) is 3.26. The fourth-order valence-corrected chi connectivity index (χ4v) is 2.08. The van der Waals surface area contributed by atoms with Crippen molar-refractivity contribution in [3.05, 3.63) is 42.0 Å². The molecule has 0 saturated heterocycles. The molecule has 2 aromatic rings. The lowest BCUT2D eigenvalue weighted by atomic mass is 10.1. The van der Waals surface area contributed by atoms with E-state index in [2.05, 4.69) is 48.0 Å². The van der Waals surface area contributed by atoms with Gasteiger partial charge in [0.2, 0.25) is 0 Å². The molecule has 0 fully saturated rings. The first-order valence-corrected chi connectivity index (χ1v) is 6.45. The van der Waals surface area contributed by atoms with Crippen molar-refractivity contribution in [3.8, 4) is 0 Å². The zero-order valence-electron chi connectivity index (χ0n) is 10.4. The molecule has 0 bridgehead atoms. The van der Waals surface area contributed by atoms with Gasteiger partial charge in [0.25, 0.3) is 0 Å². The van der Waals surface area contributed by atoms with E-state index in [-0.39, 0.29) is 0 Å². The molecule has 1 nitrogen and oxygen atoms in total. The Morgan fingerprint density at radius 2 is 1.56 bits per heavy atom. The van der Waals surface area contributed by atoms with E-state index in [1.165, 1.54) is 21.2 Å². The first-order valence-electron chi connectivity index (χ1n) is 5.63. The van der Waals surface area contributed by atoms with Gasteiger partial charge < -0.3 is 0 Å². The highest BCUT2D eigenvalue weighted by molar-refractivity contribution is 7.97. The number of hydrogen-bond acceptors (Lipinski definition) is 2. The van der Waals surface area contributed by atoms with Crippen molar-refractivity contribution < 1.29 is 0 Å². The van der Waals surface area contributed by atoms with Crippen LogP contribution in [0.2, 0.25) is 0 Å². The van der Waals surface area contributed by atoms with Gasteiger partial charge in [0.15, 0.2) is 0 Å². The summed E-state index contributed by atoms with van der Waals surface area (Å²) >= 11 is 1.64. The highest BCUT2D eigenvalue weighted by Gasteiger charge is 1.96. The lowest BCUT2D eigenvalue weighted by Crippen LogP contribution is -1.90. The van der Waals surface area contributed by atoms with Gasteiger partial charge in [-0.3, -0.25) is 4.72 Å². The third-order valence-corrected chi connectivity index (χ3v) is 2.88. The van der Waals surface area contributed by atoms with E-state index in [4.69, 9.17) is 0 Å². The van der Waals surface area contributed by atoms with Crippen LogP contribution in [0.15, 0.2) is 41.3 Å². The Kier molecular flexibility index (Phi) is 5.36. The van der Waals surface area contributed by atoms with Crippen molar-refractivity contribution >= 4 is 22.7 Å². The zero-order valence-corrected chi connectivity index (χ0v) is 11.2. The molecule has 0 saturated carbocycles. The minimum Gasteiger partial charge on any atom is -0.263 e. The van der Waals surface area contributed by atoms with Crippen LogP contribution in [0.3, 0.4) is 0 Å². The molecule has 16 heavy (non-hydrogen) atoms. The Hall–Kier alpha value is -0.990. The maximum absolute atomic E-state index is 3.08. The van der Waals surface area contributed by atoms with Crippen LogP contribution in [0.4, 0.5) is 0 Å². The van der Waals surface area contributed by atoms with E-state index in [9.17, 15) is 0 Å². The second-order valence-corrected chi connectivity index (χ2v) is 4.40. The summed E-state index contributed by atoms with van der Waals surface area (Å²) in [6.45, 7) is 6.12. The van der Waals surface area contributed by atoms with E-state index >= 15 is 0 Å². The largest absolute Gasteiger partial charge is 0.263 e. The molecule has 0 unspecified atom stereocenters. The van der Waals surface area contributed by atoms with E-state index in [1.54, 1.807) is 11.9 Å². The van der Waals surface area contributed by atoms with Gasteiger partial charge in [0, 0.05) is 4.90 Å². The lowest BCUT2D eigenvalue weighted by molar-refractivity contribution is 1.28. The molecule has 0 heterocycles. The van der Waals surface area contributed by atoms with Crippen molar-refractivity contribution in [2.24, 2.45) is 0 Å². The third-order valence-electron chi connectivity index (χ3n) is 2.19. The first-order chi connectivity index (χ1) is 7.79. The molecule has 0 radical (unpaired) electrons. The summed E-state index contributed by atoms with van der Waals surface area (Å²) in [4.78, 5) is 1.25. The van der Waals surface area contributed by atoms with Crippen LogP contribution in [0, 0.1) is 6.92 Å². The molecule has 0 aromatic heterocycles. The molecular weight excluding hydrogens is 214 g/mol. The van der Waals surface area contributed by atoms with Crippen molar-refractivity contribution in [2.45, 2.75) is 25.7 Å². The topological polar surface area (TPSA) is 12.0 Å². The summed E-state index contributed by atoms with van der Waals surface area (Å²) in [7, 11) is 1.93. The van der Waals surface area contributed by atoms with Gasteiger partial charge in [-0.05, 0) is 48.8 Å². The van der Waals surface area contributed by atoms with Gasteiger partial charge in [0.05, 0.1) is 0 Å². The average Bonchev–Trinajstić information content (AvgIpc) is 2.32. The number of nitrogens with one attached hydrogen (secondary N) is 1. The molecule has 0 atom stereocenters. The van der Waals surface area contributed by atoms with Gasteiger partial charge in [-0.1, -0.05) is 43.7 Å². The molecule has 0 spiro atoms. The number of rotatable bonds is 2. The lowest BCUT2D eigenvalue weighted by Gasteiger charge is -2.02. The molecule has 2 aromatic carbocycles. The van der Waals surface area contributed by atoms with Gasteiger partial charge in [-0.2, -0.15) is 0 Å². The summed E-state index contributed by atoms with van der Waals surface area (Å²) in [5.41, 5.74) is 1.31. The predicted octanol–water partition coefficient (Wildman–Crippen LogP) is 4.40. The van der Waals surface area contributed by atoms with Crippen LogP contribution in [0.1, 0.15) is 19.4 Å². The molecule has 86 valence electrons. The summed E-state index contributed by atoms with van der Waals surface area (Å²) < 4.78 is 3.08. The van der Waals surface area contributed by atoms with Crippen molar-refractivity contribution in [2.75, 3.05) is 7.05 Å². The molecule has 2 rings (SSSR count). The van der Waals surface area contributed by atoms with E-state index in [0.29, 0.717) is 0 Å². The van der Waals surface area contributed by atoms with Crippen LogP contribution >= 0.6 is 11.9 Å². The van der Waals surface area contributed by atoms with Crippen molar-refractivity contribution in [3.63, 3.8) is 0 Å². The second-order valence-electron chi connectivity index (χ2n) is 3.32. The van der Waals surface area contributed by atoms with Crippen LogP contribution in [0.5, 0.6) is 0 Å². The summed E-state index contributed by atoms with van der Waals surface area (Å²) in [5, 5.41) is 2.61. The Balaban J connectivity index is 0.000000606. The fraction of sp³-hybridized carbons (Fsp3) is 0.286. The molecule has 0 aliphatic rings. The molecule has 2 heteroatoms. The Labute approximate surface area is 102 Å². The van der Waals surface area contributed by atoms with Crippen LogP contribution < -0.4 is 4.72 Å². The molecule has 0 aliphatic carbocycles. The zero-order chi connectivity index (χ0) is 12.0. The molecule has 0 amide bonds. The summed E-state index contributed by atoms with van der Waals surface area (Å²) in [5.74, 6) is 0. The number of hydrogen-bond donors (Lipinski definition) is 1. The SMILES string of the molecule is CC.CNSc1ccc2cc(C)ccc2c1. The highest BCUT2D eigenvalue weighted by Crippen LogP contribution is 2.22. The van der Waals surface area contributed by atoms with Gasteiger partial charge in [-0.15, -0.1) is 0 Å². The highest BCUT2D eigenvalue weighted by atomic mass is 32.2. The van der Waals surface area contributed by atoms with E-state index in [0.717, 1.165) is 0 Å². The summed E-state index contributed by atoms with van der Waals surface area (Å²) in [6.07, 6.45) is 0. The van der Waals surface area contributed by atoms with Gasteiger partial charge in [0.1, 0.15) is 0 Å². The number of fused-ring (bicyclic) bond motifs is 1. The Morgan fingerprint density at radius 1 is 0.938 bits per heavy atom. The maximum Gasteiger partial charge on any atom is 0.0234 e. The standard InChI is InChI=1S/C12H13NS.C2H6/c1-9-3-4-11-8-12(14-13-2)6-5-10(11)7-9;1-2/h3-8,13H,1-2H3;1-2H3. The molecular formula is C14H19NS. The van der Waals surface area contributed by atoms with Gasteiger partial charge >= 0.3 is 0 Å². The Morgan fingerprint density at radius 3 is 2.25 bits per heavy atom. The molecule has 1 N–H and O–H groups in total. The van der Waals surface area contributed by atoms with Crippen LogP contribution in [-0.4, -0.2) is 7.05 Å². The van der Waals surface area contributed by atoms with Crippen LogP contribution in [0.25, 0.3) is 10.8 Å². The van der Waals surface area contributed by atoms with E-state index < -0.39 is 0 Å². The molecule has 0 aliphatic heterocycles. The van der Waals surface area contributed by atoms with E-state index in [1.807, 2.05) is 20.9 Å². The second kappa shape index (κ2) is 6.56. The van der Waals surface area contributed by atoms with Crippen molar-refractivity contribution in [1.29, 1.82) is 0 Å². The number of benzene rings is 2. The predicted molar refractivity (Wildman–Crippen MR) is 74.9 cm³/mol. The minimum atomic E-state index is 1.25. The number of aryl methyl sites for hydroxylation is 1. The van der Waals surface area contributed by atoms with Gasteiger partial charge in [-0.25, -0.2) is 0 Å².